The van der Waals surface area contributed by atoms with Crippen molar-refractivity contribution in [1.29, 1.82) is 0 Å². The molecule has 0 radical (unpaired) electrons. The third-order valence-electron chi connectivity index (χ3n) is 5.58. The van der Waals surface area contributed by atoms with Crippen LogP contribution in [0.25, 0.3) is 0 Å². The van der Waals surface area contributed by atoms with Gasteiger partial charge in [0.15, 0.2) is 0 Å². The fourth-order valence-electron chi connectivity index (χ4n) is 3.92. The van der Waals surface area contributed by atoms with Crippen LogP contribution in [0.15, 0.2) is 24.3 Å². The Hall–Kier alpha value is -1.06. The van der Waals surface area contributed by atoms with Gasteiger partial charge in [0.05, 0.1) is 0 Å². The number of rotatable bonds is 8. The molecule has 25 heavy (non-hydrogen) atoms. The van der Waals surface area contributed by atoms with E-state index in [0.717, 1.165) is 24.3 Å². The second-order valence-electron chi connectivity index (χ2n) is 7.51. The lowest BCUT2D eigenvalue weighted by atomic mass is 9.77. The Labute approximate surface area is 149 Å². The van der Waals surface area contributed by atoms with Crippen molar-refractivity contribution in [3.8, 4) is 0 Å². The van der Waals surface area contributed by atoms with Crippen molar-refractivity contribution in [1.82, 2.24) is 0 Å². The SMILES string of the molecule is CCCC[C@H]1CC[C@H](c2ccc(C(F)(F)C(F)(F)CCC)cc2)CC1. The van der Waals surface area contributed by atoms with Crippen molar-refractivity contribution < 1.29 is 17.6 Å². The van der Waals surface area contributed by atoms with Gasteiger partial charge >= 0.3 is 11.8 Å². The molecule has 2 rings (SSSR count). The summed E-state index contributed by atoms with van der Waals surface area (Å²) in [6, 6.07) is 5.65. The molecule has 1 saturated carbocycles. The van der Waals surface area contributed by atoms with Crippen LogP contribution in [0.5, 0.6) is 0 Å². The van der Waals surface area contributed by atoms with Crippen LogP contribution in [0.1, 0.15) is 88.7 Å². The zero-order valence-corrected chi connectivity index (χ0v) is 15.3. The molecule has 1 aliphatic rings. The Balaban J connectivity index is 2.01. The van der Waals surface area contributed by atoms with E-state index in [1.807, 2.05) is 0 Å². The van der Waals surface area contributed by atoms with Gasteiger partial charge in [0.2, 0.25) is 0 Å². The van der Waals surface area contributed by atoms with Gasteiger partial charge < -0.3 is 0 Å². The van der Waals surface area contributed by atoms with E-state index in [-0.39, 0.29) is 6.42 Å². The summed E-state index contributed by atoms with van der Waals surface area (Å²) >= 11 is 0. The number of halogens is 4. The minimum Gasteiger partial charge on any atom is -0.199 e. The van der Waals surface area contributed by atoms with Gasteiger partial charge in [0.25, 0.3) is 0 Å². The molecule has 0 nitrogen and oxygen atoms in total. The van der Waals surface area contributed by atoms with Crippen molar-refractivity contribution in [3.05, 3.63) is 35.4 Å². The van der Waals surface area contributed by atoms with Gasteiger partial charge in [-0.3, -0.25) is 0 Å². The molecule has 0 heterocycles. The second kappa shape index (κ2) is 8.55. The Morgan fingerprint density at radius 1 is 0.880 bits per heavy atom. The normalized spacial score (nSPS) is 22.2. The van der Waals surface area contributed by atoms with Gasteiger partial charge in [-0.15, -0.1) is 0 Å². The zero-order valence-electron chi connectivity index (χ0n) is 15.3. The number of unbranched alkanes of at least 4 members (excludes halogenated alkanes) is 1. The quantitative estimate of drug-likeness (QED) is 0.418. The van der Waals surface area contributed by atoms with Crippen LogP contribution < -0.4 is 0 Å². The van der Waals surface area contributed by atoms with E-state index >= 15 is 0 Å². The molecule has 1 aromatic carbocycles. The highest BCUT2D eigenvalue weighted by atomic mass is 19.3. The Kier molecular flexibility index (Phi) is 6.93. The fourth-order valence-corrected chi connectivity index (χ4v) is 3.92. The third kappa shape index (κ3) is 4.77. The Morgan fingerprint density at radius 3 is 2.00 bits per heavy atom. The van der Waals surface area contributed by atoms with Crippen LogP contribution in [-0.2, 0) is 5.92 Å². The number of alkyl halides is 4. The molecule has 0 bridgehead atoms. The summed E-state index contributed by atoms with van der Waals surface area (Å²) in [6.07, 6.45) is 7.48. The van der Waals surface area contributed by atoms with Gasteiger partial charge in [-0.05, 0) is 43.1 Å². The number of hydrogen-bond acceptors (Lipinski definition) is 0. The summed E-state index contributed by atoms with van der Waals surface area (Å²) in [5, 5.41) is 0. The average Bonchev–Trinajstić information content (AvgIpc) is 2.60. The molecule has 4 heteroatoms. The van der Waals surface area contributed by atoms with Crippen molar-refractivity contribution in [3.63, 3.8) is 0 Å². The molecule has 0 aliphatic heterocycles. The van der Waals surface area contributed by atoms with Gasteiger partial charge in [0.1, 0.15) is 0 Å². The summed E-state index contributed by atoms with van der Waals surface area (Å²) in [4.78, 5) is 0. The average molecular weight is 358 g/mol. The maximum atomic E-state index is 14.1. The first-order valence-corrected chi connectivity index (χ1v) is 9.67. The lowest BCUT2D eigenvalue weighted by molar-refractivity contribution is -0.219. The highest BCUT2D eigenvalue weighted by Crippen LogP contribution is 2.46. The van der Waals surface area contributed by atoms with Crippen molar-refractivity contribution in [2.24, 2.45) is 5.92 Å². The predicted octanol–water partition coefficient (Wildman–Crippen LogP) is 7.68. The van der Waals surface area contributed by atoms with Crippen LogP contribution >= 0.6 is 0 Å². The first-order valence-electron chi connectivity index (χ1n) is 9.67. The third-order valence-corrected chi connectivity index (χ3v) is 5.58. The standard InChI is InChI=1S/C21H30F4/c1-3-5-6-16-7-9-17(10-8-16)18-11-13-19(14-12-18)21(24,25)20(22,23)15-4-2/h11-14,16-17H,3-10,15H2,1-2H3/t16-,17-. The van der Waals surface area contributed by atoms with E-state index in [4.69, 9.17) is 0 Å². The van der Waals surface area contributed by atoms with E-state index in [1.165, 1.54) is 51.2 Å². The van der Waals surface area contributed by atoms with Crippen molar-refractivity contribution >= 4 is 0 Å². The van der Waals surface area contributed by atoms with Crippen molar-refractivity contribution in [2.45, 2.75) is 89.4 Å². The lowest BCUT2D eigenvalue weighted by Gasteiger charge is -2.30. The van der Waals surface area contributed by atoms with Crippen LogP contribution in [0.2, 0.25) is 0 Å². The lowest BCUT2D eigenvalue weighted by Crippen LogP contribution is -2.37. The van der Waals surface area contributed by atoms with E-state index < -0.39 is 23.8 Å². The molecule has 0 atom stereocenters. The largest absolute Gasteiger partial charge is 0.335 e. The maximum Gasteiger partial charge on any atom is 0.335 e. The molecule has 0 aromatic heterocycles. The molecule has 1 aromatic rings. The monoisotopic (exact) mass is 358 g/mol. The molecule has 1 aliphatic carbocycles. The van der Waals surface area contributed by atoms with E-state index in [0.29, 0.717) is 5.92 Å². The molecular formula is C21H30F4. The van der Waals surface area contributed by atoms with Crippen LogP contribution in [0, 0.1) is 5.92 Å². The molecule has 0 unspecified atom stereocenters. The predicted molar refractivity (Wildman–Crippen MR) is 94.4 cm³/mol. The highest BCUT2D eigenvalue weighted by Gasteiger charge is 2.56. The van der Waals surface area contributed by atoms with Gasteiger partial charge in [0, 0.05) is 12.0 Å². The molecule has 0 saturated heterocycles. The Morgan fingerprint density at radius 2 is 1.48 bits per heavy atom. The summed E-state index contributed by atoms with van der Waals surface area (Å²) in [5.74, 6) is -6.95. The van der Waals surface area contributed by atoms with Crippen LogP contribution in [0.4, 0.5) is 17.6 Å². The van der Waals surface area contributed by atoms with Gasteiger partial charge in [-0.25, -0.2) is 0 Å². The van der Waals surface area contributed by atoms with Crippen molar-refractivity contribution in [2.75, 3.05) is 0 Å². The summed E-state index contributed by atoms with van der Waals surface area (Å²) < 4.78 is 55.7. The molecule has 1 fully saturated rings. The van der Waals surface area contributed by atoms with Gasteiger partial charge in [-0.1, -0.05) is 63.8 Å². The van der Waals surface area contributed by atoms with E-state index in [9.17, 15) is 17.6 Å². The van der Waals surface area contributed by atoms with E-state index in [2.05, 4.69) is 6.92 Å². The minimum atomic E-state index is -4.11. The highest BCUT2D eigenvalue weighted by molar-refractivity contribution is 5.29. The molecular weight excluding hydrogens is 328 g/mol. The van der Waals surface area contributed by atoms with Crippen LogP contribution in [0.3, 0.4) is 0 Å². The summed E-state index contributed by atoms with van der Waals surface area (Å²) in [5.41, 5.74) is 0.429. The molecule has 0 amide bonds. The molecule has 142 valence electrons. The zero-order chi connectivity index (χ0) is 18.5. The topological polar surface area (TPSA) is 0 Å². The summed E-state index contributed by atoms with van der Waals surface area (Å²) in [6.45, 7) is 3.69. The number of benzene rings is 1. The minimum absolute atomic E-state index is 0.0297. The maximum absolute atomic E-state index is 14.1. The summed E-state index contributed by atoms with van der Waals surface area (Å²) in [7, 11) is 0. The van der Waals surface area contributed by atoms with Gasteiger partial charge in [-0.2, -0.15) is 17.6 Å². The smallest absolute Gasteiger partial charge is 0.199 e. The molecule has 0 N–H and O–H groups in total. The van der Waals surface area contributed by atoms with E-state index in [1.54, 1.807) is 12.1 Å². The fraction of sp³-hybridized carbons (Fsp3) is 0.714. The molecule has 0 spiro atoms. The first kappa shape index (κ1) is 20.3. The second-order valence-corrected chi connectivity index (χ2v) is 7.51. The number of hydrogen-bond donors (Lipinski definition) is 0. The Bertz CT molecular complexity index is 513. The van der Waals surface area contributed by atoms with Crippen LogP contribution in [-0.4, -0.2) is 5.92 Å². The first-order chi connectivity index (χ1) is 11.8.